The normalized spacial score (nSPS) is 11.0. The van der Waals surface area contributed by atoms with Crippen LogP contribution < -0.4 is 4.90 Å². The maximum Gasteiger partial charge on any atom is 0.228 e. The highest BCUT2D eigenvalue weighted by Crippen LogP contribution is 2.30. The van der Waals surface area contributed by atoms with Gasteiger partial charge in [0.1, 0.15) is 0 Å². The fourth-order valence-corrected chi connectivity index (χ4v) is 5.03. The Balaban J connectivity index is 0.00000341. The Kier molecular flexibility index (Phi) is 10.3. The summed E-state index contributed by atoms with van der Waals surface area (Å²) in [6.45, 7) is 5.74. The smallest absolute Gasteiger partial charge is 0.228 e. The third kappa shape index (κ3) is 7.49. The van der Waals surface area contributed by atoms with E-state index in [2.05, 4.69) is 61.2 Å². The molecule has 0 N–H and O–H groups in total. The quantitative estimate of drug-likeness (QED) is 0.263. The number of likely N-dealkylation sites (N-methyl/N-ethyl adjacent to an activating group) is 1. The molecule has 4 nitrogen and oxygen atoms in total. The Bertz CT molecular complexity index is 973. The molecule has 3 aromatic rings. The van der Waals surface area contributed by atoms with Crippen molar-refractivity contribution in [3.8, 4) is 0 Å². The molecule has 1 amide bonds. The van der Waals surface area contributed by atoms with Gasteiger partial charge >= 0.3 is 0 Å². The average molecular weight is 478 g/mol. The Labute approximate surface area is 200 Å². The molecule has 0 bridgehead atoms. The first-order valence-electron chi connectivity index (χ1n) is 10.5. The average Bonchev–Trinajstić information content (AvgIpc) is 3.15. The van der Waals surface area contributed by atoms with Crippen LogP contribution in [0.15, 0.2) is 47.4 Å². The number of thioether (sulfide) groups is 1. The zero-order valence-electron chi connectivity index (χ0n) is 18.8. The molecule has 1 heterocycles. The van der Waals surface area contributed by atoms with E-state index in [0.29, 0.717) is 13.0 Å². The fraction of sp³-hybridized carbons (Fsp3) is 0.417. The first-order chi connectivity index (χ1) is 14.5. The third-order valence-corrected chi connectivity index (χ3v) is 7.12. The number of hydrogen-bond acceptors (Lipinski definition) is 5. The minimum absolute atomic E-state index is 0. The molecule has 1 aromatic heterocycles. The molecule has 0 aliphatic carbocycles. The number of benzene rings is 2. The van der Waals surface area contributed by atoms with Crippen LogP contribution in [0, 0.1) is 6.92 Å². The number of thiazole rings is 1. The van der Waals surface area contributed by atoms with Gasteiger partial charge in [-0.15, -0.1) is 24.2 Å². The molecule has 0 spiro atoms. The van der Waals surface area contributed by atoms with Crippen molar-refractivity contribution in [3.05, 3.63) is 53.6 Å². The number of hydrogen-bond donors (Lipinski definition) is 0. The van der Waals surface area contributed by atoms with E-state index in [-0.39, 0.29) is 18.3 Å². The van der Waals surface area contributed by atoms with Gasteiger partial charge in [-0.05, 0) is 69.4 Å². The molecule has 0 unspecified atom stereocenters. The van der Waals surface area contributed by atoms with Gasteiger partial charge in [-0.3, -0.25) is 9.69 Å². The second-order valence-electron chi connectivity index (χ2n) is 7.77. The summed E-state index contributed by atoms with van der Waals surface area (Å²) in [5.74, 6) is 1.10. The van der Waals surface area contributed by atoms with Crippen molar-refractivity contribution in [2.75, 3.05) is 37.8 Å². The Morgan fingerprint density at radius 3 is 2.52 bits per heavy atom. The van der Waals surface area contributed by atoms with Crippen LogP contribution in [0.2, 0.25) is 0 Å². The number of anilines is 1. The van der Waals surface area contributed by atoms with Crippen molar-refractivity contribution in [2.45, 2.75) is 38.0 Å². The van der Waals surface area contributed by atoms with Crippen molar-refractivity contribution < 1.29 is 4.79 Å². The number of carbonyl (C=O) groups excluding carboxylic acids is 1. The topological polar surface area (TPSA) is 36.4 Å². The molecule has 168 valence electrons. The number of halogens is 1. The summed E-state index contributed by atoms with van der Waals surface area (Å²) in [7, 11) is 4.07. The number of carbonyl (C=O) groups is 1. The van der Waals surface area contributed by atoms with E-state index in [1.807, 2.05) is 30.8 Å². The zero-order valence-corrected chi connectivity index (χ0v) is 21.2. The molecular formula is C24H32ClN3OS2. The lowest BCUT2D eigenvalue weighted by Crippen LogP contribution is -2.36. The number of nitrogens with zero attached hydrogens (tertiary/aromatic N) is 3. The summed E-state index contributed by atoms with van der Waals surface area (Å²) in [6, 6.07) is 15.0. The van der Waals surface area contributed by atoms with Crippen LogP contribution >= 0.6 is 35.5 Å². The van der Waals surface area contributed by atoms with Crippen molar-refractivity contribution >= 4 is 56.8 Å². The van der Waals surface area contributed by atoms with E-state index in [1.54, 1.807) is 11.3 Å². The summed E-state index contributed by atoms with van der Waals surface area (Å²) >= 11 is 3.44. The molecule has 2 aromatic carbocycles. The van der Waals surface area contributed by atoms with Crippen molar-refractivity contribution in [3.63, 3.8) is 0 Å². The molecule has 0 aliphatic rings. The SMILES string of the molecule is CCc1ccc2nc(N(CCN(C)C)C(=O)CCCSc3ccc(C)cc3)sc2c1.Cl. The van der Waals surface area contributed by atoms with Crippen LogP contribution in [-0.4, -0.2) is 48.7 Å². The lowest BCUT2D eigenvalue weighted by molar-refractivity contribution is -0.118. The molecule has 0 radical (unpaired) electrons. The summed E-state index contributed by atoms with van der Waals surface area (Å²) < 4.78 is 1.15. The van der Waals surface area contributed by atoms with E-state index >= 15 is 0 Å². The molecule has 0 atom stereocenters. The molecular weight excluding hydrogens is 446 g/mol. The van der Waals surface area contributed by atoms with Crippen LogP contribution in [0.25, 0.3) is 10.2 Å². The standard InChI is InChI=1S/C24H31N3OS2.ClH/c1-5-19-10-13-21-22(17-19)30-24(25-21)27(15-14-26(3)4)23(28)7-6-16-29-20-11-8-18(2)9-12-20;/h8-13,17H,5-7,14-16H2,1-4H3;1H. The zero-order chi connectivity index (χ0) is 21.5. The largest absolute Gasteiger partial charge is 0.308 e. The summed E-state index contributed by atoms with van der Waals surface area (Å²) in [5, 5.41) is 0.816. The lowest BCUT2D eigenvalue weighted by atomic mass is 10.2. The number of amides is 1. The van der Waals surface area contributed by atoms with Gasteiger partial charge < -0.3 is 4.90 Å². The molecule has 31 heavy (non-hydrogen) atoms. The van der Waals surface area contributed by atoms with Gasteiger partial charge in [-0.25, -0.2) is 4.98 Å². The molecule has 0 aliphatic heterocycles. The number of fused-ring (bicyclic) bond motifs is 1. The third-order valence-electron chi connectivity index (χ3n) is 4.98. The Morgan fingerprint density at radius 2 is 1.84 bits per heavy atom. The van der Waals surface area contributed by atoms with E-state index < -0.39 is 0 Å². The molecule has 7 heteroatoms. The van der Waals surface area contributed by atoms with Gasteiger partial charge in [0.2, 0.25) is 5.91 Å². The number of aryl methyl sites for hydroxylation is 2. The van der Waals surface area contributed by atoms with Crippen LogP contribution in [-0.2, 0) is 11.2 Å². The second kappa shape index (κ2) is 12.4. The van der Waals surface area contributed by atoms with Crippen molar-refractivity contribution in [2.24, 2.45) is 0 Å². The molecule has 3 rings (SSSR count). The molecule has 0 fully saturated rings. The van der Waals surface area contributed by atoms with Gasteiger partial charge in [-0.1, -0.05) is 42.0 Å². The van der Waals surface area contributed by atoms with Gasteiger partial charge in [0.15, 0.2) is 5.13 Å². The van der Waals surface area contributed by atoms with Gasteiger partial charge in [0.05, 0.1) is 10.2 Å². The first-order valence-corrected chi connectivity index (χ1v) is 12.3. The second-order valence-corrected chi connectivity index (χ2v) is 9.94. The predicted octanol–water partition coefficient (Wildman–Crippen LogP) is 6.06. The first kappa shape index (κ1) is 25.7. The minimum Gasteiger partial charge on any atom is -0.308 e. The van der Waals surface area contributed by atoms with Crippen molar-refractivity contribution in [1.82, 2.24) is 9.88 Å². The highest BCUT2D eigenvalue weighted by molar-refractivity contribution is 7.99. The predicted molar refractivity (Wildman–Crippen MR) is 138 cm³/mol. The van der Waals surface area contributed by atoms with Crippen LogP contribution in [0.4, 0.5) is 5.13 Å². The van der Waals surface area contributed by atoms with Crippen molar-refractivity contribution in [1.29, 1.82) is 0 Å². The summed E-state index contributed by atoms with van der Waals surface area (Å²) in [4.78, 5) is 23.1. The minimum atomic E-state index is 0. The van der Waals surface area contributed by atoms with E-state index in [1.165, 1.54) is 16.0 Å². The van der Waals surface area contributed by atoms with E-state index in [0.717, 1.165) is 40.5 Å². The van der Waals surface area contributed by atoms with E-state index in [4.69, 9.17) is 4.98 Å². The molecule has 0 saturated heterocycles. The van der Waals surface area contributed by atoms with E-state index in [9.17, 15) is 4.79 Å². The number of rotatable bonds is 10. The summed E-state index contributed by atoms with van der Waals surface area (Å²) in [6.07, 6.45) is 2.41. The highest BCUT2D eigenvalue weighted by Gasteiger charge is 2.19. The Morgan fingerprint density at radius 1 is 1.10 bits per heavy atom. The fourth-order valence-electron chi connectivity index (χ4n) is 3.10. The Hall–Kier alpha value is -1.60. The van der Waals surface area contributed by atoms with Gasteiger partial charge in [-0.2, -0.15) is 0 Å². The monoisotopic (exact) mass is 477 g/mol. The molecule has 0 saturated carbocycles. The van der Waals surface area contributed by atoms with Gasteiger partial charge in [0, 0.05) is 24.4 Å². The highest BCUT2D eigenvalue weighted by atomic mass is 35.5. The lowest BCUT2D eigenvalue weighted by Gasteiger charge is -2.22. The van der Waals surface area contributed by atoms with Crippen LogP contribution in [0.5, 0.6) is 0 Å². The van der Waals surface area contributed by atoms with Crippen LogP contribution in [0.3, 0.4) is 0 Å². The van der Waals surface area contributed by atoms with Gasteiger partial charge in [0.25, 0.3) is 0 Å². The maximum atomic E-state index is 13.1. The van der Waals surface area contributed by atoms with Crippen LogP contribution in [0.1, 0.15) is 30.9 Å². The summed E-state index contributed by atoms with van der Waals surface area (Å²) in [5.41, 5.74) is 3.55. The number of aromatic nitrogens is 1. The maximum absolute atomic E-state index is 13.1.